The third-order valence-corrected chi connectivity index (χ3v) is 3.28. The maximum Gasteiger partial charge on any atom is 0.409 e. The zero-order chi connectivity index (χ0) is 14.5. The van der Waals surface area contributed by atoms with Crippen LogP contribution in [0.3, 0.4) is 0 Å². The Morgan fingerprint density at radius 2 is 2.35 bits per heavy atom. The van der Waals surface area contributed by atoms with Crippen LogP contribution >= 0.6 is 0 Å². The quantitative estimate of drug-likeness (QED) is 0.903. The van der Waals surface area contributed by atoms with Crippen LogP contribution in [0.1, 0.15) is 19.8 Å². The summed E-state index contributed by atoms with van der Waals surface area (Å²) in [4.78, 5) is 25.4. The molecule has 7 heteroatoms. The number of piperidine rings is 1. The van der Waals surface area contributed by atoms with E-state index < -0.39 is 0 Å². The number of carbonyl (C=O) groups is 2. The topological polar surface area (TPSA) is 76.5 Å². The van der Waals surface area contributed by atoms with Crippen LogP contribution < -0.4 is 5.32 Å². The molecular weight excluding hydrogens is 260 g/mol. The van der Waals surface area contributed by atoms with Gasteiger partial charge in [0, 0.05) is 32.4 Å². The minimum Gasteiger partial charge on any atom is -0.450 e. The number of nitrogens with one attached hydrogen (secondary N) is 1. The largest absolute Gasteiger partial charge is 0.450 e. The Balaban J connectivity index is 1.91. The van der Waals surface area contributed by atoms with Gasteiger partial charge in [0.25, 0.3) is 0 Å². The lowest BCUT2D eigenvalue weighted by molar-refractivity contribution is -0.121. The number of amides is 2. The van der Waals surface area contributed by atoms with Crippen molar-refractivity contribution in [3.63, 3.8) is 0 Å². The third kappa shape index (κ3) is 3.49. The Labute approximate surface area is 117 Å². The van der Waals surface area contributed by atoms with Crippen molar-refractivity contribution in [3.05, 3.63) is 12.3 Å². The molecule has 0 aliphatic carbocycles. The van der Waals surface area contributed by atoms with Crippen LogP contribution in [0.5, 0.6) is 0 Å². The van der Waals surface area contributed by atoms with Crippen molar-refractivity contribution in [2.24, 2.45) is 13.0 Å². The van der Waals surface area contributed by atoms with Crippen molar-refractivity contribution in [2.45, 2.75) is 19.8 Å². The highest BCUT2D eigenvalue weighted by atomic mass is 16.6. The van der Waals surface area contributed by atoms with Gasteiger partial charge in [-0.25, -0.2) is 4.79 Å². The number of ether oxygens (including phenoxy) is 1. The molecule has 1 unspecified atom stereocenters. The zero-order valence-corrected chi connectivity index (χ0v) is 11.8. The van der Waals surface area contributed by atoms with Crippen molar-refractivity contribution in [1.82, 2.24) is 14.7 Å². The Morgan fingerprint density at radius 3 is 3.00 bits per heavy atom. The van der Waals surface area contributed by atoms with Gasteiger partial charge < -0.3 is 15.0 Å². The van der Waals surface area contributed by atoms with Gasteiger partial charge in [-0.2, -0.15) is 5.10 Å². The highest BCUT2D eigenvalue weighted by Crippen LogP contribution is 2.19. The average molecular weight is 280 g/mol. The fourth-order valence-corrected chi connectivity index (χ4v) is 2.28. The molecule has 0 bridgehead atoms. The summed E-state index contributed by atoms with van der Waals surface area (Å²) in [7, 11) is 1.79. The Morgan fingerprint density at radius 1 is 1.55 bits per heavy atom. The van der Waals surface area contributed by atoms with Crippen molar-refractivity contribution in [1.29, 1.82) is 0 Å². The smallest absolute Gasteiger partial charge is 0.409 e. The average Bonchev–Trinajstić information content (AvgIpc) is 2.84. The Bertz CT molecular complexity index is 486. The number of nitrogens with zero attached hydrogens (tertiary/aromatic N) is 3. The molecule has 0 radical (unpaired) electrons. The van der Waals surface area contributed by atoms with Gasteiger partial charge in [-0.3, -0.25) is 9.48 Å². The molecule has 2 amide bonds. The second-order valence-electron chi connectivity index (χ2n) is 4.85. The van der Waals surface area contributed by atoms with Crippen molar-refractivity contribution in [2.75, 3.05) is 25.0 Å². The van der Waals surface area contributed by atoms with E-state index in [0.29, 0.717) is 25.5 Å². The summed E-state index contributed by atoms with van der Waals surface area (Å²) < 4.78 is 6.60. The van der Waals surface area contributed by atoms with Crippen molar-refractivity contribution >= 4 is 17.8 Å². The summed E-state index contributed by atoms with van der Waals surface area (Å²) in [6.07, 6.45) is 3.00. The van der Waals surface area contributed by atoms with Gasteiger partial charge in [0.1, 0.15) is 0 Å². The van der Waals surface area contributed by atoms with E-state index >= 15 is 0 Å². The molecule has 0 aromatic carbocycles. The van der Waals surface area contributed by atoms with Crippen molar-refractivity contribution < 1.29 is 14.3 Å². The summed E-state index contributed by atoms with van der Waals surface area (Å²) >= 11 is 0. The zero-order valence-electron chi connectivity index (χ0n) is 11.8. The number of aryl methyl sites for hydroxylation is 1. The predicted octanol–water partition coefficient (Wildman–Crippen LogP) is 1.23. The van der Waals surface area contributed by atoms with Gasteiger partial charge in [0.15, 0.2) is 5.82 Å². The Hall–Kier alpha value is -2.05. The molecular formula is C13H20N4O3. The Kier molecular flexibility index (Phi) is 4.60. The van der Waals surface area contributed by atoms with E-state index in [2.05, 4.69) is 10.4 Å². The number of hydrogen-bond donors (Lipinski definition) is 1. The lowest BCUT2D eigenvalue weighted by Crippen LogP contribution is -2.44. The van der Waals surface area contributed by atoms with Crippen LogP contribution in [-0.4, -0.2) is 46.4 Å². The number of anilines is 1. The first kappa shape index (κ1) is 14.4. The maximum absolute atomic E-state index is 12.2. The standard InChI is InChI=1S/C13H20N4O3/c1-3-20-13(19)17-7-4-5-10(9-17)12(18)14-11-6-8-16(2)15-11/h6,8,10H,3-5,7,9H2,1-2H3,(H,14,15,18). The van der Waals surface area contributed by atoms with Crippen LogP contribution in [0.15, 0.2) is 12.3 Å². The summed E-state index contributed by atoms with van der Waals surface area (Å²) in [6, 6.07) is 1.74. The van der Waals surface area contributed by atoms with Gasteiger partial charge in [-0.15, -0.1) is 0 Å². The van der Waals surface area contributed by atoms with Crippen LogP contribution in [-0.2, 0) is 16.6 Å². The molecule has 1 atom stereocenters. The number of hydrogen-bond acceptors (Lipinski definition) is 4. The van der Waals surface area contributed by atoms with E-state index in [9.17, 15) is 9.59 Å². The molecule has 1 aliphatic rings. The summed E-state index contributed by atoms with van der Waals surface area (Å²) in [5, 5.41) is 6.88. The molecule has 0 spiro atoms. The number of likely N-dealkylation sites (tertiary alicyclic amines) is 1. The number of rotatable bonds is 3. The van der Waals surface area contributed by atoms with E-state index in [-0.39, 0.29) is 17.9 Å². The van der Waals surface area contributed by atoms with Gasteiger partial charge in [0.05, 0.1) is 12.5 Å². The first-order valence-electron chi connectivity index (χ1n) is 6.82. The molecule has 1 fully saturated rings. The van der Waals surface area contributed by atoms with E-state index in [1.54, 1.807) is 35.8 Å². The van der Waals surface area contributed by atoms with Crippen molar-refractivity contribution in [3.8, 4) is 0 Å². The third-order valence-electron chi connectivity index (χ3n) is 3.28. The molecule has 110 valence electrons. The normalized spacial score (nSPS) is 18.7. The lowest BCUT2D eigenvalue weighted by atomic mass is 9.97. The monoisotopic (exact) mass is 280 g/mol. The number of carbonyl (C=O) groups excluding carboxylic acids is 2. The second-order valence-corrected chi connectivity index (χ2v) is 4.85. The summed E-state index contributed by atoms with van der Waals surface area (Å²) in [5.41, 5.74) is 0. The van der Waals surface area contributed by atoms with E-state index in [4.69, 9.17) is 4.74 Å². The van der Waals surface area contributed by atoms with Gasteiger partial charge in [-0.1, -0.05) is 0 Å². The van der Waals surface area contributed by atoms with E-state index in [0.717, 1.165) is 12.8 Å². The molecule has 1 aromatic heterocycles. The minimum atomic E-state index is -0.345. The molecule has 20 heavy (non-hydrogen) atoms. The van der Waals surface area contributed by atoms with Gasteiger partial charge >= 0.3 is 6.09 Å². The highest BCUT2D eigenvalue weighted by Gasteiger charge is 2.29. The van der Waals surface area contributed by atoms with Crippen LogP contribution in [0.4, 0.5) is 10.6 Å². The SMILES string of the molecule is CCOC(=O)N1CCCC(C(=O)Nc2ccn(C)n2)C1. The van der Waals surface area contributed by atoms with E-state index in [1.807, 2.05) is 0 Å². The molecule has 2 rings (SSSR count). The highest BCUT2D eigenvalue weighted by molar-refractivity contribution is 5.92. The fourth-order valence-electron chi connectivity index (χ4n) is 2.28. The first-order chi connectivity index (χ1) is 9.60. The molecule has 1 saturated heterocycles. The molecule has 0 saturated carbocycles. The molecule has 1 N–H and O–H groups in total. The molecule has 2 heterocycles. The van der Waals surface area contributed by atoms with Crippen LogP contribution in [0.2, 0.25) is 0 Å². The maximum atomic E-state index is 12.2. The fraction of sp³-hybridized carbons (Fsp3) is 0.615. The first-order valence-corrected chi connectivity index (χ1v) is 6.82. The molecule has 1 aliphatic heterocycles. The summed E-state index contributed by atoms with van der Waals surface area (Å²) in [6.45, 7) is 3.16. The van der Waals surface area contributed by atoms with E-state index in [1.165, 1.54) is 0 Å². The number of aromatic nitrogens is 2. The summed E-state index contributed by atoms with van der Waals surface area (Å²) in [5.74, 6) is 0.221. The lowest BCUT2D eigenvalue weighted by Gasteiger charge is -2.30. The van der Waals surface area contributed by atoms with Gasteiger partial charge in [-0.05, 0) is 19.8 Å². The van der Waals surface area contributed by atoms with Gasteiger partial charge in [0.2, 0.25) is 5.91 Å². The van der Waals surface area contributed by atoms with Crippen LogP contribution in [0, 0.1) is 5.92 Å². The molecule has 1 aromatic rings. The van der Waals surface area contributed by atoms with Crippen LogP contribution in [0.25, 0.3) is 0 Å². The minimum absolute atomic E-state index is 0.0994. The second kappa shape index (κ2) is 6.40. The predicted molar refractivity (Wildman–Crippen MR) is 73.2 cm³/mol. The molecule has 7 nitrogen and oxygen atoms in total.